The van der Waals surface area contributed by atoms with Gasteiger partial charge in [0.25, 0.3) is 0 Å². The van der Waals surface area contributed by atoms with Crippen LogP contribution in [0.2, 0.25) is 0 Å². The zero-order valence-electron chi connectivity index (χ0n) is 21.7. The Morgan fingerprint density at radius 1 is 0.700 bits per heavy atom. The third-order valence-corrected chi connectivity index (χ3v) is 8.78. The summed E-state index contributed by atoms with van der Waals surface area (Å²) in [7, 11) is 0. The first-order valence-electron chi connectivity index (χ1n) is 12.9. The second-order valence-corrected chi connectivity index (χ2v) is 11.5. The van der Waals surface area contributed by atoms with Crippen molar-refractivity contribution in [2.24, 2.45) is 0 Å². The predicted molar refractivity (Wildman–Crippen MR) is 158 cm³/mol. The van der Waals surface area contributed by atoms with E-state index in [1.807, 2.05) is 57.4 Å². The molecule has 0 atom stereocenters. The van der Waals surface area contributed by atoms with E-state index in [9.17, 15) is 0 Å². The van der Waals surface area contributed by atoms with Crippen LogP contribution in [0.5, 0.6) is 0 Å². The fraction of sp³-hybridized carbons (Fsp3) is 0.0909. The summed E-state index contributed by atoms with van der Waals surface area (Å²) < 4.78 is 12.4. The molecule has 0 N–H and O–H groups in total. The number of aromatic nitrogens is 4. The van der Waals surface area contributed by atoms with Crippen LogP contribution in [-0.4, -0.2) is 19.6 Å². The smallest absolute Gasteiger partial charge is 0.116 e. The summed E-state index contributed by atoms with van der Waals surface area (Å²) in [5.41, 5.74) is 5.14. The van der Waals surface area contributed by atoms with Gasteiger partial charge in [-0.3, -0.25) is 4.68 Å². The number of benzene rings is 4. The summed E-state index contributed by atoms with van der Waals surface area (Å²) in [4.78, 5) is 0. The van der Waals surface area contributed by atoms with Crippen LogP contribution in [0, 0.1) is 6.07 Å². The van der Waals surface area contributed by atoms with Gasteiger partial charge >= 0.3 is 0 Å². The molecule has 0 radical (unpaired) electrons. The normalized spacial score (nSPS) is 12.1. The van der Waals surface area contributed by atoms with Gasteiger partial charge < -0.3 is 4.42 Å². The molecule has 8 rings (SSSR count). The van der Waals surface area contributed by atoms with E-state index >= 15 is 0 Å². The summed E-state index contributed by atoms with van der Waals surface area (Å²) >= 11 is 1.83. The predicted octanol–water partition coefficient (Wildman–Crippen LogP) is 8.45. The molecule has 0 saturated heterocycles. The van der Waals surface area contributed by atoms with Crippen molar-refractivity contribution in [2.45, 2.75) is 19.3 Å². The van der Waals surface area contributed by atoms with Gasteiger partial charge in [-0.05, 0) is 62.0 Å². The van der Waals surface area contributed by atoms with E-state index in [0.29, 0.717) is 0 Å². The van der Waals surface area contributed by atoms with E-state index in [1.54, 1.807) is 0 Å². The monoisotopic (exact) mass is 718 g/mol. The molecule has 40 heavy (non-hydrogen) atoms. The number of rotatable bonds is 4. The minimum Gasteiger partial charge on any atom is -0.516 e. The van der Waals surface area contributed by atoms with Gasteiger partial charge in [0.1, 0.15) is 5.58 Å². The summed E-state index contributed by atoms with van der Waals surface area (Å²) in [6.45, 7) is 4.33. The number of thiophene rings is 1. The van der Waals surface area contributed by atoms with Gasteiger partial charge in [0.05, 0.1) is 22.5 Å². The Bertz CT molecular complexity index is 2030. The molecule has 0 saturated carbocycles. The van der Waals surface area contributed by atoms with Crippen molar-refractivity contribution in [1.82, 2.24) is 19.6 Å². The van der Waals surface area contributed by atoms with Gasteiger partial charge in [0.15, 0.2) is 0 Å². The Balaban J connectivity index is 0.00000264. The van der Waals surface area contributed by atoms with Gasteiger partial charge in [0.2, 0.25) is 0 Å². The fourth-order valence-electron chi connectivity index (χ4n) is 5.37. The van der Waals surface area contributed by atoms with Crippen molar-refractivity contribution in [2.75, 3.05) is 0 Å². The summed E-state index contributed by atoms with van der Waals surface area (Å²) in [5, 5.41) is 14.7. The molecule has 4 heterocycles. The van der Waals surface area contributed by atoms with Crippen molar-refractivity contribution in [3.63, 3.8) is 0 Å². The van der Waals surface area contributed by atoms with Crippen LogP contribution in [0.15, 0.2) is 108 Å². The van der Waals surface area contributed by atoms with Crippen molar-refractivity contribution in [3.8, 4) is 11.4 Å². The van der Waals surface area contributed by atoms with E-state index in [4.69, 9.17) is 14.6 Å². The average molecular weight is 719 g/mol. The first-order chi connectivity index (χ1) is 19.0. The number of furan rings is 1. The minimum atomic E-state index is -0.387. The quantitative estimate of drug-likeness (QED) is 0.172. The maximum Gasteiger partial charge on any atom is 0.116 e. The van der Waals surface area contributed by atoms with Crippen molar-refractivity contribution in [1.29, 1.82) is 0 Å². The van der Waals surface area contributed by atoms with Crippen LogP contribution in [-0.2, 0) is 26.5 Å². The van der Waals surface area contributed by atoms with E-state index in [1.165, 1.54) is 20.2 Å². The molecule has 4 aromatic carbocycles. The van der Waals surface area contributed by atoms with Crippen LogP contribution in [0.1, 0.15) is 25.2 Å². The molecule has 0 aliphatic rings. The largest absolute Gasteiger partial charge is 0.516 e. The topological polar surface area (TPSA) is 48.8 Å². The van der Waals surface area contributed by atoms with Gasteiger partial charge in [0, 0.05) is 64.6 Å². The van der Waals surface area contributed by atoms with Crippen molar-refractivity contribution in [3.05, 3.63) is 121 Å². The summed E-state index contributed by atoms with van der Waals surface area (Å²) in [5.74, 6) is 0. The van der Waals surface area contributed by atoms with Gasteiger partial charge in [-0.25, -0.2) is 4.68 Å². The number of fused-ring (bicyclic) bond motifs is 6. The maximum atomic E-state index is 5.97. The Morgan fingerprint density at radius 3 is 2.25 bits per heavy atom. The molecule has 0 fully saturated rings. The Hall–Kier alpha value is -3.99. The summed E-state index contributed by atoms with van der Waals surface area (Å²) in [6.07, 6.45) is 4.03. The van der Waals surface area contributed by atoms with E-state index in [0.717, 1.165) is 44.7 Å². The minimum absolute atomic E-state index is 0. The zero-order valence-corrected chi connectivity index (χ0v) is 24.8. The fourth-order valence-corrected chi connectivity index (χ4v) is 6.46. The summed E-state index contributed by atoms with van der Waals surface area (Å²) in [6, 6.07) is 34.7. The number of nitrogens with zero attached hydrogens (tertiary/aromatic N) is 4. The van der Waals surface area contributed by atoms with Crippen LogP contribution in [0.25, 0.3) is 53.5 Å². The van der Waals surface area contributed by atoms with Gasteiger partial charge in [-0.2, -0.15) is 16.3 Å². The Morgan fingerprint density at radius 2 is 1.40 bits per heavy atom. The Labute approximate surface area is 248 Å². The first kappa shape index (κ1) is 25.0. The SMILES string of the molecule is CC(C)(c1ccn(-c2[c-]cc3oc4ccccc4c3c2)n1)c1ccn(-c2ccc3sc4ccccc4c3c2)n1.[Pt]. The Kier molecular flexibility index (Phi) is 5.81. The third kappa shape index (κ3) is 3.86. The molecule has 0 aliphatic carbocycles. The first-order valence-corrected chi connectivity index (χ1v) is 13.7. The van der Waals surface area contributed by atoms with Crippen LogP contribution >= 0.6 is 11.3 Å². The van der Waals surface area contributed by atoms with E-state index in [2.05, 4.69) is 86.6 Å². The molecular formula is C33H23N4OPtS-. The molecule has 0 amide bonds. The number of para-hydroxylation sites is 1. The molecular weight excluding hydrogens is 696 g/mol. The van der Waals surface area contributed by atoms with Crippen molar-refractivity contribution < 1.29 is 25.5 Å². The van der Waals surface area contributed by atoms with Crippen molar-refractivity contribution >= 4 is 53.4 Å². The molecule has 198 valence electrons. The molecule has 0 spiro atoms. The zero-order chi connectivity index (χ0) is 26.1. The third-order valence-electron chi connectivity index (χ3n) is 7.63. The standard InChI is InChI=1S/C33H23N4OS.Pt/c1-33(2,31-15-17-36(34-31)21-11-13-28-25(19-21)23-7-3-5-9-27(23)38-28)32-16-18-37(35-32)22-12-14-30-26(20-22)24-8-4-6-10-29(24)39-30;/h3-10,12-20H,1-2H3;/q-1;. The molecule has 0 aliphatic heterocycles. The van der Waals surface area contributed by atoms with Gasteiger partial charge in [-0.15, -0.1) is 23.5 Å². The molecule has 7 heteroatoms. The van der Waals surface area contributed by atoms with Gasteiger partial charge in [-0.1, -0.05) is 41.8 Å². The number of hydrogen-bond donors (Lipinski definition) is 0. The van der Waals surface area contributed by atoms with E-state index in [-0.39, 0.29) is 26.5 Å². The second kappa shape index (κ2) is 9.29. The van der Waals surface area contributed by atoms with Crippen LogP contribution in [0.3, 0.4) is 0 Å². The van der Waals surface area contributed by atoms with E-state index < -0.39 is 0 Å². The average Bonchev–Trinajstić information content (AvgIpc) is 3.76. The second-order valence-electron chi connectivity index (χ2n) is 10.4. The maximum absolute atomic E-state index is 5.97. The molecule has 4 aromatic heterocycles. The number of hydrogen-bond acceptors (Lipinski definition) is 4. The molecule has 0 bridgehead atoms. The van der Waals surface area contributed by atoms with Crippen LogP contribution in [0.4, 0.5) is 0 Å². The molecule has 0 unspecified atom stereocenters. The molecule has 5 nitrogen and oxygen atoms in total. The van der Waals surface area contributed by atoms with Crippen LogP contribution < -0.4 is 0 Å². The molecule has 8 aromatic rings.